The van der Waals surface area contributed by atoms with Gasteiger partial charge in [-0.15, -0.1) is 0 Å². The Morgan fingerprint density at radius 1 is 1.00 bits per heavy atom. The minimum Gasteiger partial charge on any atom is -0.396 e. The van der Waals surface area contributed by atoms with Gasteiger partial charge < -0.3 is 5.11 Å². The molecule has 0 aliphatic carbocycles. The molecule has 0 aliphatic heterocycles. The third-order valence-electron chi connectivity index (χ3n) is 4.17. The number of rotatable bonds is 9. The van der Waals surface area contributed by atoms with Crippen LogP contribution in [0.3, 0.4) is 0 Å². The van der Waals surface area contributed by atoms with E-state index in [9.17, 15) is 8.42 Å². The average Bonchev–Trinajstić information content (AvgIpc) is 2.55. The van der Waals surface area contributed by atoms with Crippen molar-refractivity contribution in [1.29, 1.82) is 0 Å². The molecule has 1 rings (SSSR count). The number of aliphatic hydroxyl groups is 1. The maximum absolute atomic E-state index is 11.8. The van der Waals surface area contributed by atoms with Gasteiger partial charge in [-0.05, 0) is 43.7 Å². The zero-order chi connectivity index (χ0) is 18.6. The van der Waals surface area contributed by atoms with E-state index in [4.69, 9.17) is 9.29 Å². The van der Waals surface area contributed by atoms with Gasteiger partial charge in [-0.1, -0.05) is 58.2 Å². The van der Waals surface area contributed by atoms with Gasteiger partial charge in [0, 0.05) is 6.61 Å². The minimum atomic E-state index is -3.58. The largest absolute Gasteiger partial charge is 0.396 e. The molecule has 0 aromatic heterocycles. The van der Waals surface area contributed by atoms with Crippen LogP contribution < -0.4 is 0 Å². The van der Waals surface area contributed by atoms with Gasteiger partial charge in [-0.2, -0.15) is 8.42 Å². The summed E-state index contributed by atoms with van der Waals surface area (Å²) < 4.78 is 28.6. The maximum atomic E-state index is 11.8. The van der Waals surface area contributed by atoms with Gasteiger partial charge >= 0.3 is 0 Å². The Labute approximate surface area is 148 Å². The minimum absolute atomic E-state index is 0.229. The lowest BCUT2D eigenvalue weighted by Crippen LogP contribution is -2.09. The van der Waals surface area contributed by atoms with E-state index in [-0.39, 0.29) is 11.5 Å². The predicted octanol–water partition coefficient (Wildman–Crippen LogP) is 4.55. The van der Waals surface area contributed by atoms with Crippen LogP contribution in [0.2, 0.25) is 0 Å². The van der Waals surface area contributed by atoms with Crippen LogP contribution in [0, 0.1) is 18.8 Å². The van der Waals surface area contributed by atoms with E-state index in [1.54, 1.807) is 24.3 Å². The molecule has 0 heterocycles. The van der Waals surface area contributed by atoms with Gasteiger partial charge in [0.2, 0.25) is 0 Å². The molecule has 0 saturated heterocycles. The topological polar surface area (TPSA) is 63.6 Å². The summed E-state index contributed by atoms with van der Waals surface area (Å²) in [6, 6.07) is 6.69. The molecule has 0 fully saturated rings. The third kappa shape index (κ3) is 10.1. The van der Waals surface area contributed by atoms with E-state index < -0.39 is 10.1 Å². The van der Waals surface area contributed by atoms with E-state index in [1.807, 2.05) is 6.92 Å². The Balaban J connectivity index is 0.000000640. The first-order chi connectivity index (χ1) is 11.3. The molecule has 2 unspecified atom stereocenters. The molecule has 24 heavy (non-hydrogen) atoms. The van der Waals surface area contributed by atoms with E-state index in [2.05, 4.69) is 27.7 Å². The Hall–Kier alpha value is -0.910. The van der Waals surface area contributed by atoms with E-state index in [0.717, 1.165) is 24.8 Å². The van der Waals surface area contributed by atoms with Crippen molar-refractivity contribution in [3.63, 3.8) is 0 Å². The molecule has 2 atom stereocenters. The lowest BCUT2D eigenvalue weighted by Gasteiger charge is -2.09. The summed E-state index contributed by atoms with van der Waals surface area (Å²) in [4.78, 5) is 0.229. The van der Waals surface area contributed by atoms with E-state index in [0.29, 0.717) is 18.4 Å². The molecule has 0 saturated carbocycles. The fourth-order valence-corrected chi connectivity index (χ4v) is 2.68. The SMILES string of the molecule is CCC(C)CCO.CCC(C)CCOS(=O)(=O)c1ccc(C)cc1. The number of hydrogen-bond acceptors (Lipinski definition) is 4. The van der Waals surface area contributed by atoms with Gasteiger partial charge in [-0.3, -0.25) is 4.18 Å². The van der Waals surface area contributed by atoms with Crippen molar-refractivity contribution in [3.05, 3.63) is 29.8 Å². The van der Waals surface area contributed by atoms with Crippen LogP contribution in [-0.4, -0.2) is 26.7 Å². The first-order valence-electron chi connectivity index (χ1n) is 8.83. The molecule has 0 spiro atoms. The van der Waals surface area contributed by atoms with Crippen LogP contribution >= 0.6 is 0 Å². The first-order valence-corrected chi connectivity index (χ1v) is 10.2. The number of aryl methyl sites for hydroxylation is 1. The van der Waals surface area contributed by atoms with E-state index in [1.165, 1.54) is 6.42 Å². The van der Waals surface area contributed by atoms with Gasteiger partial charge in [0.25, 0.3) is 10.1 Å². The fraction of sp³-hybridized carbons (Fsp3) is 0.684. The molecule has 0 amide bonds. The van der Waals surface area contributed by atoms with Crippen LogP contribution in [0.1, 0.15) is 58.9 Å². The Bertz CT molecular complexity index is 523. The normalized spacial score (nSPS) is 13.8. The molecule has 0 aliphatic rings. The molecule has 0 radical (unpaired) electrons. The lowest BCUT2D eigenvalue weighted by molar-refractivity contribution is 0.260. The number of hydrogen-bond donors (Lipinski definition) is 1. The third-order valence-corrected chi connectivity index (χ3v) is 5.50. The molecule has 0 bridgehead atoms. The lowest BCUT2D eigenvalue weighted by atomic mass is 10.1. The Morgan fingerprint density at radius 2 is 1.50 bits per heavy atom. The molecule has 140 valence electrons. The molecular formula is C19H34O4S. The van der Waals surface area contributed by atoms with Crippen molar-refractivity contribution in [1.82, 2.24) is 0 Å². The smallest absolute Gasteiger partial charge is 0.296 e. The summed E-state index contributed by atoms with van der Waals surface area (Å²) >= 11 is 0. The zero-order valence-electron chi connectivity index (χ0n) is 15.8. The number of benzene rings is 1. The summed E-state index contributed by atoms with van der Waals surface area (Å²) in [5.74, 6) is 1.19. The van der Waals surface area contributed by atoms with Crippen LogP contribution in [0.25, 0.3) is 0 Å². The highest BCUT2D eigenvalue weighted by Crippen LogP contribution is 2.15. The van der Waals surface area contributed by atoms with Crippen molar-refractivity contribution in [3.8, 4) is 0 Å². The predicted molar refractivity (Wildman–Crippen MR) is 99.5 cm³/mol. The van der Waals surface area contributed by atoms with Gasteiger partial charge in [-0.25, -0.2) is 0 Å². The zero-order valence-corrected chi connectivity index (χ0v) is 16.6. The number of aliphatic hydroxyl groups excluding tert-OH is 1. The van der Waals surface area contributed by atoms with Crippen molar-refractivity contribution in [2.24, 2.45) is 11.8 Å². The van der Waals surface area contributed by atoms with Crippen LogP contribution in [0.5, 0.6) is 0 Å². The second-order valence-electron chi connectivity index (χ2n) is 6.42. The highest BCUT2D eigenvalue weighted by Gasteiger charge is 2.14. The quantitative estimate of drug-likeness (QED) is 0.658. The van der Waals surface area contributed by atoms with Crippen molar-refractivity contribution in [2.75, 3.05) is 13.2 Å². The van der Waals surface area contributed by atoms with Crippen molar-refractivity contribution >= 4 is 10.1 Å². The first kappa shape index (κ1) is 23.1. The Morgan fingerprint density at radius 3 is 1.92 bits per heavy atom. The van der Waals surface area contributed by atoms with Crippen molar-refractivity contribution in [2.45, 2.75) is 65.2 Å². The summed E-state index contributed by atoms with van der Waals surface area (Å²) in [5, 5.41) is 8.37. The molecular weight excluding hydrogens is 324 g/mol. The second-order valence-corrected chi connectivity index (χ2v) is 8.03. The Kier molecular flexibility index (Phi) is 12.0. The summed E-state index contributed by atoms with van der Waals surface area (Å²) in [7, 11) is -3.58. The van der Waals surface area contributed by atoms with Crippen LogP contribution in [-0.2, 0) is 14.3 Å². The van der Waals surface area contributed by atoms with Crippen molar-refractivity contribution < 1.29 is 17.7 Å². The molecule has 4 nitrogen and oxygen atoms in total. The van der Waals surface area contributed by atoms with Crippen LogP contribution in [0.15, 0.2) is 29.2 Å². The summed E-state index contributed by atoms with van der Waals surface area (Å²) in [5.41, 5.74) is 1.03. The monoisotopic (exact) mass is 358 g/mol. The molecule has 1 N–H and O–H groups in total. The maximum Gasteiger partial charge on any atom is 0.296 e. The highest BCUT2D eigenvalue weighted by atomic mass is 32.2. The standard InChI is InChI=1S/C13H20O3S.C6H14O/c1-4-11(2)9-10-16-17(14,15)13-7-5-12(3)6-8-13;1-3-6(2)4-5-7/h5-8,11H,4,9-10H2,1-3H3;6-7H,3-5H2,1-2H3. The van der Waals surface area contributed by atoms with Crippen LogP contribution in [0.4, 0.5) is 0 Å². The van der Waals surface area contributed by atoms with Gasteiger partial charge in [0.15, 0.2) is 0 Å². The highest BCUT2D eigenvalue weighted by molar-refractivity contribution is 7.86. The summed E-state index contributed by atoms with van der Waals surface area (Å²) in [6.07, 6.45) is 3.94. The molecule has 1 aromatic carbocycles. The van der Waals surface area contributed by atoms with E-state index >= 15 is 0 Å². The average molecular weight is 359 g/mol. The fourth-order valence-electron chi connectivity index (χ4n) is 1.76. The summed E-state index contributed by atoms with van der Waals surface area (Å²) in [6.45, 7) is 11.0. The molecule has 5 heteroatoms. The second kappa shape index (κ2) is 12.5. The van der Waals surface area contributed by atoms with Gasteiger partial charge in [0.05, 0.1) is 11.5 Å². The van der Waals surface area contributed by atoms with Gasteiger partial charge in [0.1, 0.15) is 0 Å². The molecule has 1 aromatic rings.